The Balaban J connectivity index is 1.98. The van der Waals surface area contributed by atoms with Crippen molar-refractivity contribution in [3.8, 4) is 0 Å². The Labute approximate surface area is 118 Å². The van der Waals surface area contributed by atoms with E-state index in [4.69, 9.17) is 10.9 Å². The van der Waals surface area contributed by atoms with Gasteiger partial charge < -0.3 is 16.3 Å². The number of hydrogen-bond acceptors (Lipinski definition) is 4. The number of nitrogens with zero attached hydrogens (tertiary/aromatic N) is 1. The highest BCUT2D eigenvalue weighted by Gasteiger charge is 2.19. The average Bonchev–Trinajstić information content (AvgIpc) is 2.49. The second kappa shape index (κ2) is 7.40. The third kappa shape index (κ3) is 4.14. The van der Waals surface area contributed by atoms with E-state index >= 15 is 0 Å². The SMILES string of the molecule is N/C(=N/O)C(CNC1CCSCC1)c1ccccc1. The summed E-state index contributed by atoms with van der Waals surface area (Å²) in [6.07, 6.45) is 2.39. The molecule has 104 valence electrons. The van der Waals surface area contributed by atoms with E-state index in [1.54, 1.807) is 0 Å². The van der Waals surface area contributed by atoms with Gasteiger partial charge in [0.1, 0.15) is 5.84 Å². The van der Waals surface area contributed by atoms with E-state index in [1.807, 2.05) is 42.1 Å². The maximum absolute atomic E-state index is 8.94. The van der Waals surface area contributed by atoms with E-state index in [9.17, 15) is 0 Å². The highest BCUT2D eigenvalue weighted by atomic mass is 32.2. The van der Waals surface area contributed by atoms with Gasteiger partial charge in [-0.05, 0) is 29.9 Å². The van der Waals surface area contributed by atoms with Gasteiger partial charge in [0, 0.05) is 12.6 Å². The Hall–Kier alpha value is -1.20. The number of hydrogen-bond donors (Lipinski definition) is 3. The Bertz CT molecular complexity index is 404. The molecule has 1 fully saturated rings. The lowest BCUT2D eigenvalue weighted by molar-refractivity contribution is 0.315. The predicted molar refractivity (Wildman–Crippen MR) is 80.9 cm³/mol. The third-order valence-corrected chi connectivity index (χ3v) is 4.56. The fourth-order valence-electron chi connectivity index (χ4n) is 2.33. The molecule has 4 nitrogen and oxygen atoms in total. The number of thioether (sulfide) groups is 1. The van der Waals surface area contributed by atoms with Gasteiger partial charge in [-0.3, -0.25) is 0 Å². The van der Waals surface area contributed by atoms with Gasteiger partial charge >= 0.3 is 0 Å². The molecule has 1 aliphatic heterocycles. The molecule has 0 saturated carbocycles. The van der Waals surface area contributed by atoms with Crippen LogP contribution in [0.4, 0.5) is 0 Å². The van der Waals surface area contributed by atoms with Crippen molar-refractivity contribution in [2.24, 2.45) is 10.9 Å². The van der Waals surface area contributed by atoms with Crippen LogP contribution in [-0.4, -0.2) is 35.1 Å². The van der Waals surface area contributed by atoms with Gasteiger partial charge in [0.05, 0.1) is 5.92 Å². The smallest absolute Gasteiger partial charge is 0.147 e. The average molecular weight is 279 g/mol. The molecule has 1 unspecified atom stereocenters. The standard InChI is InChI=1S/C14H21N3OS/c15-14(17-18)13(11-4-2-1-3-5-11)10-16-12-6-8-19-9-7-12/h1-5,12-13,16,18H,6-10H2,(H2,15,17). The van der Waals surface area contributed by atoms with Crippen molar-refractivity contribution in [2.45, 2.75) is 24.8 Å². The van der Waals surface area contributed by atoms with Gasteiger partial charge in [-0.15, -0.1) is 0 Å². The number of oxime groups is 1. The molecule has 0 radical (unpaired) electrons. The van der Waals surface area contributed by atoms with Crippen LogP contribution in [0.2, 0.25) is 0 Å². The lowest BCUT2D eigenvalue weighted by Gasteiger charge is -2.25. The number of nitrogens with two attached hydrogens (primary N) is 1. The minimum absolute atomic E-state index is 0.0687. The first kappa shape index (κ1) is 14.2. The van der Waals surface area contributed by atoms with Crippen LogP contribution in [0.1, 0.15) is 24.3 Å². The third-order valence-electron chi connectivity index (χ3n) is 3.51. The highest BCUT2D eigenvalue weighted by Crippen LogP contribution is 2.19. The zero-order chi connectivity index (χ0) is 13.5. The Morgan fingerprint density at radius 1 is 1.37 bits per heavy atom. The summed E-state index contributed by atoms with van der Waals surface area (Å²) in [5.74, 6) is 2.64. The van der Waals surface area contributed by atoms with Crippen LogP contribution < -0.4 is 11.1 Å². The fourth-order valence-corrected chi connectivity index (χ4v) is 3.44. The zero-order valence-corrected chi connectivity index (χ0v) is 11.8. The van der Waals surface area contributed by atoms with Gasteiger partial charge in [0.2, 0.25) is 0 Å². The molecule has 1 heterocycles. The summed E-state index contributed by atoms with van der Waals surface area (Å²) >= 11 is 2.01. The molecule has 1 aliphatic rings. The molecule has 19 heavy (non-hydrogen) atoms. The van der Waals surface area contributed by atoms with Gasteiger partial charge in [-0.2, -0.15) is 11.8 Å². The second-order valence-corrected chi connectivity index (χ2v) is 6.01. The van der Waals surface area contributed by atoms with Crippen LogP contribution in [0.5, 0.6) is 0 Å². The lowest BCUT2D eigenvalue weighted by atomic mass is 9.97. The van der Waals surface area contributed by atoms with Crippen LogP contribution in [0.15, 0.2) is 35.5 Å². The quantitative estimate of drug-likeness (QED) is 0.334. The number of amidine groups is 1. The molecule has 1 aromatic carbocycles. The molecule has 0 spiro atoms. The van der Waals surface area contributed by atoms with Gasteiger partial charge in [-0.1, -0.05) is 35.5 Å². The largest absolute Gasteiger partial charge is 0.409 e. The van der Waals surface area contributed by atoms with E-state index in [1.165, 1.54) is 24.3 Å². The fraction of sp³-hybridized carbons (Fsp3) is 0.500. The van der Waals surface area contributed by atoms with Gasteiger partial charge in [-0.25, -0.2) is 0 Å². The normalized spacial score (nSPS) is 19.3. The van der Waals surface area contributed by atoms with Crippen LogP contribution >= 0.6 is 11.8 Å². The van der Waals surface area contributed by atoms with E-state index in [-0.39, 0.29) is 11.8 Å². The molecule has 0 aromatic heterocycles. The van der Waals surface area contributed by atoms with E-state index < -0.39 is 0 Å². The minimum atomic E-state index is -0.0687. The molecule has 2 rings (SSSR count). The number of rotatable bonds is 5. The summed E-state index contributed by atoms with van der Waals surface area (Å²) in [6, 6.07) is 10.5. The molecule has 0 bridgehead atoms. The van der Waals surface area contributed by atoms with Crippen molar-refractivity contribution in [2.75, 3.05) is 18.1 Å². The predicted octanol–water partition coefficient (Wildman–Crippen LogP) is 2.00. The zero-order valence-electron chi connectivity index (χ0n) is 11.0. The van der Waals surface area contributed by atoms with Crippen LogP contribution in [0, 0.1) is 0 Å². The molecule has 0 aliphatic carbocycles. The van der Waals surface area contributed by atoms with E-state index in [0.717, 1.165) is 12.1 Å². The van der Waals surface area contributed by atoms with E-state index in [0.29, 0.717) is 6.04 Å². The van der Waals surface area contributed by atoms with Crippen molar-refractivity contribution in [3.63, 3.8) is 0 Å². The first-order valence-corrected chi connectivity index (χ1v) is 7.80. The topological polar surface area (TPSA) is 70.6 Å². The van der Waals surface area contributed by atoms with E-state index in [2.05, 4.69) is 10.5 Å². The maximum atomic E-state index is 8.94. The van der Waals surface area contributed by atoms with Crippen molar-refractivity contribution in [3.05, 3.63) is 35.9 Å². The molecule has 0 amide bonds. The molecule has 1 aromatic rings. The summed E-state index contributed by atoms with van der Waals surface area (Å²) < 4.78 is 0. The van der Waals surface area contributed by atoms with Crippen molar-refractivity contribution >= 4 is 17.6 Å². The first-order chi connectivity index (χ1) is 9.31. The Morgan fingerprint density at radius 2 is 2.05 bits per heavy atom. The summed E-state index contributed by atoms with van der Waals surface area (Å²) in [6.45, 7) is 0.718. The van der Waals surface area contributed by atoms with Crippen molar-refractivity contribution in [1.82, 2.24) is 5.32 Å². The summed E-state index contributed by atoms with van der Waals surface area (Å²) in [7, 11) is 0. The highest BCUT2D eigenvalue weighted by molar-refractivity contribution is 7.99. The number of nitrogens with one attached hydrogen (secondary N) is 1. The first-order valence-electron chi connectivity index (χ1n) is 6.64. The van der Waals surface area contributed by atoms with Gasteiger partial charge in [0.25, 0.3) is 0 Å². The monoisotopic (exact) mass is 279 g/mol. The molecule has 4 N–H and O–H groups in total. The molecule has 1 saturated heterocycles. The molecular formula is C14H21N3OS. The van der Waals surface area contributed by atoms with Crippen molar-refractivity contribution in [1.29, 1.82) is 0 Å². The van der Waals surface area contributed by atoms with Crippen molar-refractivity contribution < 1.29 is 5.21 Å². The molecule has 5 heteroatoms. The van der Waals surface area contributed by atoms with Crippen LogP contribution in [0.3, 0.4) is 0 Å². The second-order valence-electron chi connectivity index (χ2n) is 4.78. The Morgan fingerprint density at radius 3 is 2.68 bits per heavy atom. The summed E-state index contributed by atoms with van der Waals surface area (Å²) in [5, 5.41) is 15.7. The molecule has 1 atom stereocenters. The van der Waals surface area contributed by atoms with Gasteiger partial charge in [0.15, 0.2) is 0 Å². The molecular weight excluding hydrogens is 258 g/mol. The number of benzene rings is 1. The summed E-state index contributed by atoms with van der Waals surface area (Å²) in [4.78, 5) is 0. The lowest BCUT2D eigenvalue weighted by Crippen LogP contribution is -2.39. The maximum Gasteiger partial charge on any atom is 0.147 e. The minimum Gasteiger partial charge on any atom is -0.409 e. The van der Waals surface area contributed by atoms with Crippen LogP contribution in [-0.2, 0) is 0 Å². The van der Waals surface area contributed by atoms with Crippen LogP contribution in [0.25, 0.3) is 0 Å². The Kier molecular flexibility index (Phi) is 5.54. The summed E-state index contributed by atoms with van der Waals surface area (Å²) in [5.41, 5.74) is 6.90.